The van der Waals surface area contributed by atoms with Crippen LogP contribution in [0.5, 0.6) is 0 Å². The molecule has 1 heterocycles. The van der Waals surface area contributed by atoms with E-state index in [1.165, 1.54) is 4.88 Å². The molecular formula is C15H18N2OS. The minimum absolute atomic E-state index is 0.141. The standard InChI is InChI=1S/C15H18N2OS/c1-10-11(2)19-15(17-10)8-14(18)13(9-16)12-6-4-3-5-7-12/h3-7,13H,8-9,16H2,1-2H3. The van der Waals surface area contributed by atoms with Crippen LogP contribution in [0.3, 0.4) is 0 Å². The van der Waals surface area contributed by atoms with Gasteiger partial charge in [-0.3, -0.25) is 4.79 Å². The van der Waals surface area contributed by atoms with Crippen molar-refractivity contribution in [3.63, 3.8) is 0 Å². The number of hydrogen-bond donors (Lipinski definition) is 1. The molecule has 0 radical (unpaired) electrons. The molecule has 0 saturated heterocycles. The molecule has 0 fully saturated rings. The number of Topliss-reactive ketones (excluding diaryl/α,β-unsaturated/α-hetero) is 1. The Hall–Kier alpha value is -1.52. The van der Waals surface area contributed by atoms with Crippen molar-refractivity contribution < 1.29 is 4.79 Å². The Kier molecular flexibility index (Phi) is 4.45. The van der Waals surface area contributed by atoms with Gasteiger partial charge < -0.3 is 5.73 Å². The maximum absolute atomic E-state index is 12.4. The SMILES string of the molecule is Cc1nc(CC(=O)C(CN)c2ccccc2)sc1C. The van der Waals surface area contributed by atoms with E-state index in [4.69, 9.17) is 5.73 Å². The van der Waals surface area contributed by atoms with Crippen LogP contribution in [0.2, 0.25) is 0 Å². The minimum Gasteiger partial charge on any atom is -0.329 e. The van der Waals surface area contributed by atoms with Crippen LogP contribution in [0.1, 0.15) is 27.1 Å². The molecule has 1 aromatic carbocycles. The van der Waals surface area contributed by atoms with Gasteiger partial charge in [-0.1, -0.05) is 30.3 Å². The number of hydrogen-bond acceptors (Lipinski definition) is 4. The summed E-state index contributed by atoms with van der Waals surface area (Å²) in [5, 5.41) is 0.884. The fourth-order valence-electron chi connectivity index (χ4n) is 2.03. The Morgan fingerprint density at radius 1 is 1.32 bits per heavy atom. The number of benzene rings is 1. The molecule has 0 saturated carbocycles. The lowest BCUT2D eigenvalue weighted by molar-refractivity contribution is -0.119. The van der Waals surface area contributed by atoms with E-state index in [1.54, 1.807) is 11.3 Å². The number of aromatic nitrogens is 1. The Bertz CT molecular complexity index is 543. The van der Waals surface area contributed by atoms with Crippen LogP contribution in [-0.2, 0) is 11.2 Å². The van der Waals surface area contributed by atoms with Crippen molar-refractivity contribution in [1.82, 2.24) is 4.98 Å². The summed E-state index contributed by atoms with van der Waals surface area (Å²) in [4.78, 5) is 17.9. The van der Waals surface area contributed by atoms with Gasteiger partial charge in [0.05, 0.1) is 18.0 Å². The Morgan fingerprint density at radius 2 is 2.00 bits per heavy atom. The van der Waals surface area contributed by atoms with E-state index < -0.39 is 0 Å². The number of carbonyl (C=O) groups excluding carboxylic acids is 1. The molecule has 0 aliphatic rings. The van der Waals surface area contributed by atoms with Crippen LogP contribution < -0.4 is 5.73 Å². The predicted molar refractivity (Wildman–Crippen MR) is 78.5 cm³/mol. The molecule has 0 spiro atoms. The van der Waals surface area contributed by atoms with E-state index in [9.17, 15) is 4.79 Å². The van der Waals surface area contributed by atoms with Crippen LogP contribution in [0.4, 0.5) is 0 Å². The number of nitrogens with two attached hydrogens (primary N) is 1. The average molecular weight is 274 g/mol. The van der Waals surface area contributed by atoms with Crippen molar-refractivity contribution in [3.05, 3.63) is 51.5 Å². The van der Waals surface area contributed by atoms with Crippen molar-refractivity contribution >= 4 is 17.1 Å². The normalized spacial score (nSPS) is 12.4. The Labute approximate surface area is 117 Å². The third-order valence-corrected chi connectivity index (χ3v) is 4.30. The summed E-state index contributed by atoms with van der Waals surface area (Å²) in [7, 11) is 0. The highest BCUT2D eigenvalue weighted by atomic mass is 32.1. The highest BCUT2D eigenvalue weighted by molar-refractivity contribution is 7.11. The number of nitrogens with zero attached hydrogens (tertiary/aromatic N) is 1. The molecule has 0 aliphatic carbocycles. The Morgan fingerprint density at radius 3 is 2.53 bits per heavy atom. The molecule has 1 aromatic heterocycles. The zero-order valence-corrected chi connectivity index (χ0v) is 12.0. The summed E-state index contributed by atoms with van der Waals surface area (Å²) in [5.74, 6) is -0.0897. The lowest BCUT2D eigenvalue weighted by Crippen LogP contribution is -2.23. The molecule has 0 amide bonds. The maximum Gasteiger partial charge on any atom is 0.148 e. The molecule has 3 nitrogen and oxygen atoms in total. The smallest absolute Gasteiger partial charge is 0.148 e. The highest BCUT2D eigenvalue weighted by Gasteiger charge is 2.20. The van der Waals surface area contributed by atoms with Gasteiger partial charge in [-0.05, 0) is 19.4 Å². The second-order valence-corrected chi connectivity index (χ2v) is 5.88. The molecule has 19 heavy (non-hydrogen) atoms. The summed E-state index contributed by atoms with van der Waals surface area (Å²) in [5.41, 5.74) is 7.75. The van der Waals surface area contributed by atoms with Gasteiger partial charge in [-0.15, -0.1) is 11.3 Å². The van der Waals surface area contributed by atoms with Gasteiger partial charge in [-0.2, -0.15) is 0 Å². The number of rotatable bonds is 5. The van der Waals surface area contributed by atoms with E-state index in [1.807, 2.05) is 44.2 Å². The lowest BCUT2D eigenvalue weighted by Gasteiger charge is -2.13. The lowest BCUT2D eigenvalue weighted by atomic mass is 9.93. The second-order valence-electron chi connectivity index (χ2n) is 4.59. The Balaban J connectivity index is 2.14. The van der Waals surface area contributed by atoms with Crippen molar-refractivity contribution in [2.24, 2.45) is 5.73 Å². The highest BCUT2D eigenvalue weighted by Crippen LogP contribution is 2.21. The van der Waals surface area contributed by atoms with Gasteiger partial charge in [-0.25, -0.2) is 4.98 Å². The number of ketones is 1. The van der Waals surface area contributed by atoms with Gasteiger partial charge in [0.2, 0.25) is 0 Å². The molecule has 1 atom stereocenters. The average Bonchev–Trinajstić information content (AvgIpc) is 2.70. The van der Waals surface area contributed by atoms with Gasteiger partial charge in [0.15, 0.2) is 0 Å². The van der Waals surface area contributed by atoms with Gasteiger partial charge in [0.1, 0.15) is 10.8 Å². The molecule has 2 aromatic rings. The third-order valence-electron chi connectivity index (χ3n) is 3.22. The number of thiazole rings is 1. The van der Waals surface area contributed by atoms with E-state index in [-0.39, 0.29) is 11.7 Å². The van der Waals surface area contributed by atoms with E-state index >= 15 is 0 Å². The molecule has 100 valence electrons. The van der Waals surface area contributed by atoms with Gasteiger partial charge >= 0.3 is 0 Å². The van der Waals surface area contributed by atoms with E-state index in [2.05, 4.69) is 4.98 Å². The third kappa shape index (κ3) is 3.28. The van der Waals surface area contributed by atoms with Crippen LogP contribution in [0.15, 0.2) is 30.3 Å². The van der Waals surface area contributed by atoms with Crippen molar-refractivity contribution in [1.29, 1.82) is 0 Å². The molecule has 0 aliphatic heterocycles. The molecular weight excluding hydrogens is 256 g/mol. The molecule has 2 rings (SSSR count). The molecule has 2 N–H and O–H groups in total. The topological polar surface area (TPSA) is 56.0 Å². The predicted octanol–water partition coefficient (Wildman–Crippen LogP) is 2.61. The fraction of sp³-hybridized carbons (Fsp3) is 0.333. The van der Waals surface area contributed by atoms with E-state index in [0.29, 0.717) is 13.0 Å². The summed E-state index contributed by atoms with van der Waals surface area (Å²) >= 11 is 1.59. The fourth-order valence-corrected chi connectivity index (χ4v) is 2.97. The molecule has 4 heteroatoms. The number of aryl methyl sites for hydroxylation is 2. The molecule has 1 unspecified atom stereocenters. The van der Waals surface area contributed by atoms with Crippen LogP contribution in [-0.4, -0.2) is 17.3 Å². The summed E-state index contributed by atoms with van der Waals surface area (Å²) in [6, 6.07) is 9.71. The quantitative estimate of drug-likeness (QED) is 0.912. The minimum atomic E-state index is -0.231. The summed E-state index contributed by atoms with van der Waals surface area (Å²) in [6.45, 7) is 4.34. The van der Waals surface area contributed by atoms with Crippen molar-refractivity contribution in [2.45, 2.75) is 26.2 Å². The first kappa shape index (κ1) is 13.9. The van der Waals surface area contributed by atoms with E-state index in [0.717, 1.165) is 16.3 Å². The maximum atomic E-state index is 12.4. The molecule has 0 bridgehead atoms. The van der Waals surface area contributed by atoms with Crippen molar-refractivity contribution in [2.75, 3.05) is 6.54 Å². The first-order valence-electron chi connectivity index (χ1n) is 6.32. The van der Waals surface area contributed by atoms with Crippen LogP contribution >= 0.6 is 11.3 Å². The monoisotopic (exact) mass is 274 g/mol. The van der Waals surface area contributed by atoms with Gasteiger partial charge in [0.25, 0.3) is 0 Å². The first-order valence-corrected chi connectivity index (χ1v) is 7.14. The van der Waals surface area contributed by atoms with Crippen LogP contribution in [0.25, 0.3) is 0 Å². The van der Waals surface area contributed by atoms with Crippen LogP contribution in [0, 0.1) is 13.8 Å². The second kappa shape index (κ2) is 6.08. The zero-order chi connectivity index (χ0) is 13.8. The van der Waals surface area contributed by atoms with Crippen molar-refractivity contribution in [3.8, 4) is 0 Å². The summed E-state index contributed by atoms with van der Waals surface area (Å²) in [6.07, 6.45) is 0.371. The number of carbonyl (C=O) groups is 1. The van der Waals surface area contributed by atoms with Gasteiger partial charge in [0, 0.05) is 11.4 Å². The largest absolute Gasteiger partial charge is 0.329 e. The zero-order valence-electron chi connectivity index (χ0n) is 11.2. The first-order chi connectivity index (χ1) is 9.11. The summed E-state index contributed by atoms with van der Waals surface area (Å²) < 4.78 is 0.